The molecule has 2 aromatic rings. The summed E-state index contributed by atoms with van der Waals surface area (Å²) in [5.41, 5.74) is 2.40. The first kappa shape index (κ1) is 13.8. The van der Waals surface area contributed by atoms with E-state index in [-0.39, 0.29) is 0 Å². The van der Waals surface area contributed by atoms with Crippen molar-refractivity contribution in [3.05, 3.63) is 71.8 Å². The second-order valence-electron chi connectivity index (χ2n) is 4.56. The summed E-state index contributed by atoms with van der Waals surface area (Å²) >= 11 is 0. The summed E-state index contributed by atoms with van der Waals surface area (Å²) in [7, 11) is 0. The smallest absolute Gasteiger partial charge is 0.191 e. The van der Waals surface area contributed by atoms with E-state index in [1.165, 1.54) is 11.1 Å². The van der Waals surface area contributed by atoms with E-state index in [1.54, 1.807) is 0 Å². The Morgan fingerprint density at radius 2 is 1.32 bits per heavy atom. The SMILES string of the molecule is [O]C(CCc1ccccc1)OCCc1ccccc1. The Kier molecular flexibility index (Phi) is 5.60. The fourth-order valence-electron chi connectivity index (χ4n) is 1.97. The lowest BCUT2D eigenvalue weighted by molar-refractivity contribution is -0.142. The van der Waals surface area contributed by atoms with Crippen LogP contribution in [0, 0.1) is 0 Å². The minimum atomic E-state index is -0.927. The van der Waals surface area contributed by atoms with Crippen molar-refractivity contribution in [3.8, 4) is 0 Å². The predicted molar refractivity (Wildman–Crippen MR) is 75.3 cm³/mol. The number of hydrogen-bond acceptors (Lipinski definition) is 1. The number of rotatable bonds is 7. The minimum absolute atomic E-state index is 0.493. The summed E-state index contributed by atoms with van der Waals surface area (Å²) in [4.78, 5) is 0. The Hall–Kier alpha value is -1.64. The van der Waals surface area contributed by atoms with Gasteiger partial charge in [0.05, 0.1) is 6.61 Å². The van der Waals surface area contributed by atoms with Crippen LogP contribution in [0.3, 0.4) is 0 Å². The van der Waals surface area contributed by atoms with Gasteiger partial charge in [0.2, 0.25) is 0 Å². The van der Waals surface area contributed by atoms with Crippen LogP contribution in [0.1, 0.15) is 17.5 Å². The first-order valence-electron chi connectivity index (χ1n) is 6.70. The lowest BCUT2D eigenvalue weighted by Crippen LogP contribution is -2.13. The van der Waals surface area contributed by atoms with Crippen molar-refractivity contribution in [3.63, 3.8) is 0 Å². The zero-order chi connectivity index (χ0) is 13.3. The van der Waals surface area contributed by atoms with Crippen molar-refractivity contribution in [2.45, 2.75) is 25.6 Å². The van der Waals surface area contributed by atoms with Gasteiger partial charge in [-0.25, -0.2) is 5.11 Å². The van der Waals surface area contributed by atoms with Crippen LogP contribution in [-0.2, 0) is 22.7 Å². The van der Waals surface area contributed by atoms with Crippen LogP contribution < -0.4 is 0 Å². The van der Waals surface area contributed by atoms with Gasteiger partial charge < -0.3 is 4.74 Å². The third kappa shape index (κ3) is 5.25. The molecule has 0 heterocycles. The van der Waals surface area contributed by atoms with Crippen LogP contribution in [0.15, 0.2) is 60.7 Å². The van der Waals surface area contributed by atoms with Crippen molar-refractivity contribution in [2.75, 3.05) is 6.61 Å². The highest BCUT2D eigenvalue weighted by molar-refractivity contribution is 5.15. The Labute approximate surface area is 114 Å². The molecule has 0 saturated carbocycles. The minimum Gasteiger partial charge on any atom is -0.349 e. The van der Waals surface area contributed by atoms with E-state index >= 15 is 0 Å². The van der Waals surface area contributed by atoms with Crippen LogP contribution in [-0.4, -0.2) is 12.9 Å². The van der Waals surface area contributed by atoms with Gasteiger partial charge >= 0.3 is 0 Å². The van der Waals surface area contributed by atoms with E-state index in [9.17, 15) is 5.11 Å². The fourth-order valence-corrected chi connectivity index (χ4v) is 1.97. The molecule has 0 spiro atoms. The normalized spacial score (nSPS) is 12.3. The molecule has 0 bridgehead atoms. The zero-order valence-corrected chi connectivity index (χ0v) is 11.0. The average Bonchev–Trinajstić information content (AvgIpc) is 2.47. The second kappa shape index (κ2) is 7.72. The van der Waals surface area contributed by atoms with Crippen molar-refractivity contribution in [1.82, 2.24) is 0 Å². The predicted octanol–water partition coefficient (Wildman–Crippen LogP) is 3.64. The van der Waals surface area contributed by atoms with E-state index < -0.39 is 6.29 Å². The van der Waals surface area contributed by atoms with E-state index in [0.29, 0.717) is 13.0 Å². The van der Waals surface area contributed by atoms with Gasteiger partial charge in [-0.1, -0.05) is 60.7 Å². The first-order chi connectivity index (χ1) is 9.34. The molecule has 19 heavy (non-hydrogen) atoms. The summed E-state index contributed by atoms with van der Waals surface area (Å²) in [6.45, 7) is 0.493. The molecule has 0 aliphatic carbocycles. The molecule has 0 aliphatic rings. The van der Waals surface area contributed by atoms with Gasteiger partial charge in [-0.2, -0.15) is 0 Å². The first-order valence-corrected chi connectivity index (χ1v) is 6.70. The van der Waals surface area contributed by atoms with Crippen LogP contribution in [0.5, 0.6) is 0 Å². The Morgan fingerprint density at radius 1 is 0.789 bits per heavy atom. The van der Waals surface area contributed by atoms with Gasteiger partial charge in [0.1, 0.15) is 0 Å². The maximum Gasteiger partial charge on any atom is 0.191 e. The highest BCUT2D eigenvalue weighted by Gasteiger charge is 2.06. The third-order valence-electron chi connectivity index (χ3n) is 3.05. The van der Waals surface area contributed by atoms with Crippen LogP contribution in [0.2, 0.25) is 0 Å². The molecule has 1 atom stereocenters. The summed E-state index contributed by atoms with van der Waals surface area (Å²) in [5.74, 6) is 0. The lowest BCUT2D eigenvalue weighted by Gasteiger charge is -2.10. The summed E-state index contributed by atoms with van der Waals surface area (Å²) in [6.07, 6.45) is 1.17. The molecule has 1 radical (unpaired) electrons. The summed E-state index contributed by atoms with van der Waals surface area (Å²) in [5, 5.41) is 11.7. The molecule has 2 aromatic carbocycles. The van der Waals surface area contributed by atoms with Crippen molar-refractivity contribution < 1.29 is 9.84 Å². The molecular weight excluding hydrogens is 236 g/mol. The number of ether oxygens (including phenoxy) is 1. The molecular formula is C17H19O2. The molecule has 0 saturated heterocycles. The fraction of sp³-hybridized carbons (Fsp3) is 0.294. The standard InChI is InChI=1S/C17H19O2/c18-17(12-11-15-7-3-1-4-8-15)19-14-13-16-9-5-2-6-10-16/h1-10,17H,11-14H2. The lowest BCUT2D eigenvalue weighted by atomic mass is 10.1. The van der Waals surface area contributed by atoms with Gasteiger partial charge in [0, 0.05) is 6.42 Å². The van der Waals surface area contributed by atoms with Gasteiger partial charge in [0.15, 0.2) is 6.29 Å². The quantitative estimate of drug-likeness (QED) is 0.694. The molecule has 0 fully saturated rings. The summed E-state index contributed by atoms with van der Waals surface area (Å²) < 4.78 is 5.31. The van der Waals surface area contributed by atoms with Gasteiger partial charge in [-0.3, -0.25) is 0 Å². The molecule has 99 valence electrons. The Bertz CT molecular complexity index is 453. The largest absolute Gasteiger partial charge is 0.349 e. The molecule has 0 aromatic heterocycles. The molecule has 2 heteroatoms. The van der Waals surface area contributed by atoms with Crippen molar-refractivity contribution in [1.29, 1.82) is 0 Å². The monoisotopic (exact) mass is 255 g/mol. The molecule has 2 rings (SSSR count). The van der Waals surface area contributed by atoms with Crippen molar-refractivity contribution in [2.24, 2.45) is 0 Å². The Balaban J connectivity index is 1.64. The number of benzene rings is 2. The van der Waals surface area contributed by atoms with Gasteiger partial charge in [-0.05, 0) is 24.0 Å². The average molecular weight is 255 g/mol. The number of aryl methyl sites for hydroxylation is 1. The highest BCUT2D eigenvalue weighted by atomic mass is 16.6. The van der Waals surface area contributed by atoms with Crippen LogP contribution in [0.25, 0.3) is 0 Å². The molecule has 0 aliphatic heterocycles. The van der Waals surface area contributed by atoms with Crippen LogP contribution >= 0.6 is 0 Å². The van der Waals surface area contributed by atoms with Crippen LogP contribution in [0.4, 0.5) is 0 Å². The topological polar surface area (TPSA) is 29.1 Å². The summed E-state index contributed by atoms with van der Waals surface area (Å²) in [6, 6.07) is 20.1. The van der Waals surface area contributed by atoms with E-state index in [2.05, 4.69) is 0 Å². The van der Waals surface area contributed by atoms with Gasteiger partial charge in [0.25, 0.3) is 0 Å². The van der Waals surface area contributed by atoms with E-state index in [1.807, 2.05) is 60.7 Å². The van der Waals surface area contributed by atoms with E-state index in [0.717, 1.165) is 12.8 Å². The molecule has 0 N–H and O–H groups in total. The highest BCUT2D eigenvalue weighted by Crippen LogP contribution is 2.07. The Morgan fingerprint density at radius 3 is 1.89 bits per heavy atom. The maximum atomic E-state index is 11.7. The second-order valence-corrected chi connectivity index (χ2v) is 4.56. The third-order valence-corrected chi connectivity index (χ3v) is 3.05. The van der Waals surface area contributed by atoms with E-state index in [4.69, 9.17) is 4.74 Å². The van der Waals surface area contributed by atoms with Crippen molar-refractivity contribution >= 4 is 0 Å². The molecule has 0 amide bonds. The maximum absolute atomic E-state index is 11.7. The van der Waals surface area contributed by atoms with Gasteiger partial charge in [-0.15, -0.1) is 0 Å². The zero-order valence-electron chi connectivity index (χ0n) is 11.0. The molecule has 2 nitrogen and oxygen atoms in total. The molecule has 1 unspecified atom stereocenters. The number of hydrogen-bond donors (Lipinski definition) is 0.